The highest BCUT2D eigenvalue weighted by molar-refractivity contribution is 9.11. The Labute approximate surface area is 114 Å². The van der Waals surface area contributed by atoms with Crippen molar-refractivity contribution >= 4 is 27.3 Å². The number of rotatable bonds is 5. The van der Waals surface area contributed by atoms with Gasteiger partial charge in [-0.1, -0.05) is 13.8 Å². The Morgan fingerprint density at radius 2 is 2.24 bits per heavy atom. The fourth-order valence-corrected chi connectivity index (χ4v) is 3.00. The molecule has 2 rings (SSSR count). The second-order valence-electron chi connectivity index (χ2n) is 3.83. The predicted octanol–water partition coefficient (Wildman–Crippen LogP) is 4.36. The Morgan fingerprint density at radius 3 is 2.76 bits per heavy atom. The molecule has 17 heavy (non-hydrogen) atoms. The summed E-state index contributed by atoms with van der Waals surface area (Å²) < 4.78 is 6.99. The Hall–Kier alpha value is -0.580. The average Bonchev–Trinajstić information content (AvgIpc) is 2.94. The predicted molar refractivity (Wildman–Crippen MR) is 75.6 cm³/mol. The smallest absolute Gasteiger partial charge is 0.125 e. The highest BCUT2D eigenvalue weighted by Gasteiger charge is 2.17. The van der Waals surface area contributed by atoms with Gasteiger partial charge in [-0.2, -0.15) is 0 Å². The maximum Gasteiger partial charge on any atom is 0.125 e. The van der Waals surface area contributed by atoms with Crippen LogP contribution >= 0.6 is 27.3 Å². The summed E-state index contributed by atoms with van der Waals surface area (Å²) in [6, 6.07) is 6.42. The summed E-state index contributed by atoms with van der Waals surface area (Å²) in [5.41, 5.74) is 1.25. The van der Waals surface area contributed by atoms with E-state index in [0.717, 1.165) is 28.3 Å². The molecule has 0 aromatic carbocycles. The van der Waals surface area contributed by atoms with Crippen molar-refractivity contribution in [2.75, 3.05) is 6.54 Å². The number of hydrogen-bond donors (Lipinski definition) is 1. The lowest BCUT2D eigenvalue weighted by Gasteiger charge is -2.14. The largest absolute Gasteiger partial charge is 0.464 e. The van der Waals surface area contributed by atoms with Crippen LogP contribution in [0.5, 0.6) is 0 Å². The van der Waals surface area contributed by atoms with Crippen LogP contribution in [0.4, 0.5) is 0 Å². The minimum Gasteiger partial charge on any atom is -0.464 e. The average molecular weight is 314 g/mol. The number of halogens is 1. The molecule has 2 heterocycles. The Balaban J connectivity index is 2.28. The van der Waals surface area contributed by atoms with Crippen LogP contribution in [-0.2, 0) is 6.42 Å². The summed E-state index contributed by atoms with van der Waals surface area (Å²) in [7, 11) is 0. The van der Waals surface area contributed by atoms with Gasteiger partial charge in [-0.05, 0) is 51.6 Å². The zero-order valence-electron chi connectivity index (χ0n) is 10.00. The van der Waals surface area contributed by atoms with Gasteiger partial charge in [0.1, 0.15) is 11.5 Å². The van der Waals surface area contributed by atoms with E-state index in [1.807, 2.05) is 0 Å². The second-order valence-corrected chi connectivity index (χ2v) is 6.12. The minimum atomic E-state index is 0.155. The quantitative estimate of drug-likeness (QED) is 0.887. The lowest BCUT2D eigenvalue weighted by atomic mass is 10.1. The first-order valence-electron chi connectivity index (χ1n) is 5.80. The normalized spacial score (nSPS) is 12.9. The van der Waals surface area contributed by atoms with Gasteiger partial charge in [-0.25, -0.2) is 0 Å². The number of aryl methyl sites for hydroxylation is 1. The van der Waals surface area contributed by atoms with Crippen LogP contribution in [-0.4, -0.2) is 6.54 Å². The first kappa shape index (κ1) is 12.9. The zero-order chi connectivity index (χ0) is 12.3. The van der Waals surface area contributed by atoms with Crippen LogP contribution in [0.25, 0.3) is 0 Å². The van der Waals surface area contributed by atoms with Crippen molar-refractivity contribution in [1.82, 2.24) is 5.32 Å². The fourth-order valence-electron chi connectivity index (χ4n) is 1.80. The third-order valence-corrected chi connectivity index (χ3v) is 4.17. The van der Waals surface area contributed by atoms with Gasteiger partial charge in [0.05, 0.1) is 9.83 Å². The monoisotopic (exact) mass is 313 g/mol. The molecule has 1 atom stereocenters. The molecule has 0 aliphatic heterocycles. The SMILES string of the molecule is CCNC(c1csc(Br)c1)c1ccc(CC)o1. The third-order valence-electron chi connectivity index (χ3n) is 2.64. The van der Waals surface area contributed by atoms with Crippen molar-refractivity contribution in [2.24, 2.45) is 0 Å². The molecule has 4 heteroatoms. The van der Waals surface area contributed by atoms with Crippen LogP contribution in [0.15, 0.2) is 31.8 Å². The maximum absolute atomic E-state index is 5.84. The minimum absolute atomic E-state index is 0.155. The summed E-state index contributed by atoms with van der Waals surface area (Å²) >= 11 is 5.20. The number of thiophene rings is 1. The molecule has 1 N–H and O–H groups in total. The van der Waals surface area contributed by atoms with Crippen LogP contribution in [0.2, 0.25) is 0 Å². The van der Waals surface area contributed by atoms with Gasteiger partial charge < -0.3 is 9.73 Å². The topological polar surface area (TPSA) is 25.2 Å². The van der Waals surface area contributed by atoms with Gasteiger partial charge >= 0.3 is 0 Å². The van der Waals surface area contributed by atoms with Crippen molar-refractivity contribution in [2.45, 2.75) is 26.3 Å². The van der Waals surface area contributed by atoms with E-state index in [1.54, 1.807) is 11.3 Å². The maximum atomic E-state index is 5.84. The zero-order valence-corrected chi connectivity index (χ0v) is 12.4. The molecular weight excluding hydrogens is 298 g/mol. The summed E-state index contributed by atoms with van der Waals surface area (Å²) in [6.07, 6.45) is 0.937. The van der Waals surface area contributed by atoms with E-state index in [0.29, 0.717) is 0 Å². The van der Waals surface area contributed by atoms with E-state index in [-0.39, 0.29) is 6.04 Å². The molecule has 0 saturated carbocycles. The summed E-state index contributed by atoms with van der Waals surface area (Å²) in [5, 5.41) is 5.62. The van der Waals surface area contributed by atoms with E-state index in [4.69, 9.17) is 4.42 Å². The number of hydrogen-bond acceptors (Lipinski definition) is 3. The molecule has 1 unspecified atom stereocenters. The Kier molecular flexibility index (Phi) is 4.42. The van der Waals surface area contributed by atoms with Crippen molar-refractivity contribution < 1.29 is 4.42 Å². The van der Waals surface area contributed by atoms with E-state index in [9.17, 15) is 0 Å². The van der Waals surface area contributed by atoms with Crippen molar-refractivity contribution in [3.8, 4) is 0 Å². The van der Waals surface area contributed by atoms with E-state index in [1.165, 1.54) is 5.56 Å². The molecule has 2 aromatic heterocycles. The lowest BCUT2D eigenvalue weighted by Crippen LogP contribution is -2.20. The molecule has 0 fully saturated rings. The second kappa shape index (κ2) is 5.85. The molecular formula is C13H16BrNOS. The number of nitrogens with one attached hydrogen (secondary N) is 1. The van der Waals surface area contributed by atoms with Crippen LogP contribution in [0, 0.1) is 0 Å². The fraction of sp³-hybridized carbons (Fsp3) is 0.385. The van der Waals surface area contributed by atoms with E-state index >= 15 is 0 Å². The molecule has 0 bridgehead atoms. The lowest BCUT2D eigenvalue weighted by molar-refractivity contribution is 0.426. The van der Waals surface area contributed by atoms with Gasteiger partial charge in [0.15, 0.2) is 0 Å². The summed E-state index contributed by atoms with van der Waals surface area (Å²) in [6.45, 7) is 5.13. The van der Waals surface area contributed by atoms with Gasteiger partial charge in [-0.3, -0.25) is 0 Å². The first-order chi connectivity index (χ1) is 8.24. The van der Waals surface area contributed by atoms with Gasteiger partial charge in [-0.15, -0.1) is 11.3 Å². The molecule has 92 valence electrons. The Morgan fingerprint density at radius 1 is 1.41 bits per heavy atom. The van der Waals surface area contributed by atoms with Crippen LogP contribution in [0.1, 0.15) is 37.0 Å². The van der Waals surface area contributed by atoms with E-state index < -0.39 is 0 Å². The van der Waals surface area contributed by atoms with Crippen LogP contribution in [0.3, 0.4) is 0 Å². The highest BCUT2D eigenvalue weighted by Crippen LogP contribution is 2.30. The molecule has 2 aromatic rings. The summed E-state index contributed by atoms with van der Waals surface area (Å²) in [5.74, 6) is 2.03. The molecule has 2 nitrogen and oxygen atoms in total. The van der Waals surface area contributed by atoms with Gasteiger partial charge in [0, 0.05) is 6.42 Å². The molecule has 0 aliphatic carbocycles. The molecule has 0 aliphatic rings. The molecule has 0 saturated heterocycles. The van der Waals surface area contributed by atoms with Crippen molar-refractivity contribution in [3.63, 3.8) is 0 Å². The highest BCUT2D eigenvalue weighted by atomic mass is 79.9. The third kappa shape index (κ3) is 3.00. The standard InChI is InChI=1S/C13H16BrNOS/c1-3-10-5-6-11(16-10)13(15-4-2)9-7-12(14)17-8-9/h5-8,13,15H,3-4H2,1-2H3. The van der Waals surface area contributed by atoms with Crippen molar-refractivity contribution in [1.29, 1.82) is 0 Å². The molecule has 0 radical (unpaired) electrons. The number of furan rings is 1. The molecule has 0 spiro atoms. The summed E-state index contributed by atoms with van der Waals surface area (Å²) in [4.78, 5) is 0. The van der Waals surface area contributed by atoms with Crippen molar-refractivity contribution in [3.05, 3.63) is 44.4 Å². The van der Waals surface area contributed by atoms with Gasteiger partial charge in [0.2, 0.25) is 0 Å². The molecule has 0 amide bonds. The Bertz CT molecular complexity index is 477. The van der Waals surface area contributed by atoms with E-state index in [2.05, 4.69) is 58.7 Å². The first-order valence-corrected chi connectivity index (χ1v) is 7.47. The van der Waals surface area contributed by atoms with Crippen LogP contribution < -0.4 is 5.32 Å². The van der Waals surface area contributed by atoms with Gasteiger partial charge in [0.25, 0.3) is 0 Å².